The largest absolute Gasteiger partial charge is 0.457 e. The average molecular weight is 449 g/mol. The topological polar surface area (TPSA) is 38.3 Å². The maximum atomic E-state index is 12.6. The lowest BCUT2D eigenvalue weighted by Crippen LogP contribution is -2.10. The lowest BCUT2D eigenvalue weighted by Gasteiger charge is -2.08. The van der Waals surface area contributed by atoms with Crippen molar-refractivity contribution in [2.24, 2.45) is 0 Å². The second kappa shape index (κ2) is 8.02. The number of nitrogens with one attached hydrogen (secondary N) is 1. The first-order chi connectivity index (χ1) is 13.5. The minimum absolute atomic E-state index is 0.270. The molecule has 0 atom stereocenters. The SMILES string of the molecule is O=C(Nc1ccc(Oc2ccc(Cl)cc2)cc1)c1sc2cc(Cl)ccc2c1Cl. The molecular weight excluding hydrogens is 437 g/mol. The molecule has 0 radical (unpaired) electrons. The number of rotatable bonds is 4. The van der Waals surface area contributed by atoms with Crippen molar-refractivity contribution in [2.75, 3.05) is 5.32 Å². The zero-order valence-electron chi connectivity index (χ0n) is 14.2. The van der Waals surface area contributed by atoms with Crippen LogP contribution >= 0.6 is 46.1 Å². The standard InChI is InChI=1S/C21H12Cl3NO2S/c22-12-1-6-15(7-2-12)27-16-8-4-14(5-9-16)25-21(26)20-19(24)17-10-3-13(23)11-18(17)28-20/h1-11H,(H,25,26). The van der Waals surface area contributed by atoms with Gasteiger partial charge in [0, 0.05) is 25.8 Å². The molecule has 0 saturated heterocycles. The highest BCUT2D eigenvalue weighted by Crippen LogP contribution is 2.37. The van der Waals surface area contributed by atoms with Crippen LogP contribution in [-0.2, 0) is 0 Å². The summed E-state index contributed by atoms with van der Waals surface area (Å²) in [6, 6.07) is 19.5. The fourth-order valence-electron chi connectivity index (χ4n) is 2.62. The summed E-state index contributed by atoms with van der Waals surface area (Å²) in [5, 5.41) is 5.35. The van der Waals surface area contributed by atoms with Gasteiger partial charge in [0.25, 0.3) is 5.91 Å². The molecule has 4 rings (SSSR count). The summed E-state index contributed by atoms with van der Waals surface area (Å²) in [5.41, 5.74) is 0.639. The summed E-state index contributed by atoms with van der Waals surface area (Å²) >= 11 is 19.6. The van der Waals surface area contributed by atoms with E-state index in [2.05, 4.69) is 5.32 Å². The zero-order chi connectivity index (χ0) is 19.7. The smallest absolute Gasteiger partial charge is 0.267 e. The van der Waals surface area contributed by atoms with E-state index in [9.17, 15) is 4.79 Å². The van der Waals surface area contributed by atoms with E-state index in [-0.39, 0.29) is 5.91 Å². The van der Waals surface area contributed by atoms with Crippen LogP contribution in [0.5, 0.6) is 11.5 Å². The maximum absolute atomic E-state index is 12.6. The summed E-state index contributed by atoms with van der Waals surface area (Å²) in [6.45, 7) is 0. The molecule has 0 fully saturated rings. The summed E-state index contributed by atoms with van der Waals surface area (Å²) in [5.74, 6) is 1.06. The van der Waals surface area contributed by atoms with E-state index in [1.54, 1.807) is 60.7 Å². The number of halogens is 3. The van der Waals surface area contributed by atoms with Crippen LogP contribution in [0.2, 0.25) is 15.1 Å². The number of carbonyl (C=O) groups excluding carboxylic acids is 1. The first-order valence-electron chi connectivity index (χ1n) is 8.22. The molecule has 140 valence electrons. The number of anilines is 1. The molecule has 0 aliphatic rings. The van der Waals surface area contributed by atoms with Crippen LogP contribution in [0.25, 0.3) is 10.1 Å². The van der Waals surface area contributed by atoms with Gasteiger partial charge in [-0.05, 0) is 60.7 Å². The molecular formula is C21H12Cl3NO2S. The molecule has 1 aromatic heterocycles. The van der Waals surface area contributed by atoms with Crippen molar-refractivity contribution in [1.82, 2.24) is 0 Å². The van der Waals surface area contributed by atoms with E-state index in [1.807, 2.05) is 6.07 Å². The van der Waals surface area contributed by atoms with Crippen molar-refractivity contribution in [2.45, 2.75) is 0 Å². The van der Waals surface area contributed by atoms with Crippen LogP contribution in [0, 0.1) is 0 Å². The van der Waals surface area contributed by atoms with Gasteiger partial charge in [-0.25, -0.2) is 0 Å². The van der Waals surface area contributed by atoms with Crippen LogP contribution in [0.4, 0.5) is 5.69 Å². The minimum atomic E-state index is -0.270. The molecule has 1 amide bonds. The summed E-state index contributed by atoms with van der Waals surface area (Å²) in [4.78, 5) is 13.1. The van der Waals surface area contributed by atoms with E-state index < -0.39 is 0 Å². The monoisotopic (exact) mass is 447 g/mol. The third-order valence-corrected chi connectivity index (χ3v) is 6.10. The molecule has 0 aliphatic carbocycles. The summed E-state index contributed by atoms with van der Waals surface area (Å²) in [6.07, 6.45) is 0. The Kier molecular flexibility index (Phi) is 5.47. The van der Waals surface area contributed by atoms with Gasteiger partial charge in [0.1, 0.15) is 16.4 Å². The Bertz CT molecular complexity index is 1150. The van der Waals surface area contributed by atoms with Gasteiger partial charge in [-0.3, -0.25) is 4.79 Å². The Labute approximate surface area is 180 Å². The molecule has 1 N–H and O–H groups in total. The number of fused-ring (bicyclic) bond motifs is 1. The lowest BCUT2D eigenvalue weighted by atomic mass is 10.2. The lowest BCUT2D eigenvalue weighted by molar-refractivity contribution is 0.103. The first-order valence-corrected chi connectivity index (χ1v) is 10.2. The first kappa shape index (κ1) is 19.1. The summed E-state index contributed by atoms with van der Waals surface area (Å²) in [7, 11) is 0. The quantitative estimate of drug-likeness (QED) is 0.344. The highest BCUT2D eigenvalue weighted by Gasteiger charge is 2.17. The third kappa shape index (κ3) is 4.10. The van der Waals surface area contributed by atoms with E-state index in [0.717, 1.165) is 10.1 Å². The van der Waals surface area contributed by atoms with Gasteiger partial charge >= 0.3 is 0 Å². The van der Waals surface area contributed by atoms with Crippen LogP contribution in [0.15, 0.2) is 66.7 Å². The van der Waals surface area contributed by atoms with E-state index in [1.165, 1.54) is 11.3 Å². The predicted octanol–water partition coefficient (Wildman–Crippen LogP) is 7.91. The second-order valence-corrected chi connectivity index (χ2v) is 8.22. The Morgan fingerprint density at radius 3 is 2.11 bits per heavy atom. The zero-order valence-corrected chi connectivity index (χ0v) is 17.3. The molecule has 4 aromatic rings. The maximum Gasteiger partial charge on any atom is 0.267 e. The molecule has 0 bridgehead atoms. The van der Waals surface area contributed by atoms with Gasteiger partial charge in [-0.2, -0.15) is 0 Å². The minimum Gasteiger partial charge on any atom is -0.457 e. The van der Waals surface area contributed by atoms with Crippen LogP contribution in [-0.4, -0.2) is 5.91 Å². The molecule has 3 aromatic carbocycles. The molecule has 0 saturated carbocycles. The van der Waals surface area contributed by atoms with E-state index >= 15 is 0 Å². The normalized spacial score (nSPS) is 10.8. The third-order valence-electron chi connectivity index (χ3n) is 3.96. The number of hydrogen-bond donors (Lipinski definition) is 1. The van der Waals surface area contributed by atoms with Crippen molar-refractivity contribution in [1.29, 1.82) is 0 Å². The van der Waals surface area contributed by atoms with Gasteiger partial charge in [-0.1, -0.05) is 40.9 Å². The van der Waals surface area contributed by atoms with Crippen molar-refractivity contribution < 1.29 is 9.53 Å². The van der Waals surface area contributed by atoms with Gasteiger partial charge < -0.3 is 10.1 Å². The van der Waals surface area contributed by atoms with Gasteiger partial charge in [0.15, 0.2) is 0 Å². The molecule has 3 nitrogen and oxygen atoms in total. The van der Waals surface area contributed by atoms with Crippen LogP contribution in [0.1, 0.15) is 9.67 Å². The molecule has 7 heteroatoms. The summed E-state index contributed by atoms with van der Waals surface area (Å²) < 4.78 is 6.62. The van der Waals surface area contributed by atoms with Gasteiger partial charge in [0.2, 0.25) is 0 Å². The number of benzene rings is 3. The Morgan fingerprint density at radius 2 is 1.43 bits per heavy atom. The molecule has 28 heavy (non-hydrogen) atoms. The number of carbonyl (C=O) groups is 1. The van der Waals surface area contributed by atoms with Crippen molar-refractivity contribution in [3.63, 3.8) is 0 Å². The highest BCUT2D eigenvalue weighted by atomic mass is 35.5. The fraction of sp³-hybridized carbons (Fsp3) is 0. The van der Waals surface area contributed by atoms with Crippen molar-refractivity contribution >= 4 is 67.8 Å². The molecule has 0 aliphatic heterocycles. The van der Waals surface area contributed by atoms with Crippen molar-refractivity contribution in [3.05, 3.63) is 86.7 Å². The number of amides is 1. The van der Waals surface area contributed by atoms with Crippen LogP contribution in [0.3, 0.4) is 0 Å². The Balaban J connectivity index is 1.49. The van der Waals surface area contributed by atoms with Gasteiger partial charge in [-0.15, -0.1) is 11.3 Å². The Morgan fingerprint density at radius 1 is 0.821 bits per heavy atom. The molecule has 0 spiro atoms. The predicted molar refractivity (Wildman–Crippen MR) is 118 cm³/mol. The van der Waals surface area contributed by atoms with Crippen LogP contribution < -0.4 is 10.1 Å². The number of thiophene rings is 1. The highest BCUT2D eigenvalue weighted by molar-refractivity contribution is 7.21. The Hall–Kier alpha value is -2.24. The number of ether oxygens (including phenoxy) is 1. The van der Waals surface area contributed by atoms with Gasteiger partial charge in [0.05, 0.1) is 5.02 Å². The second-order valence-electron chi connectivity index (χ2n) is 5.92. The molecule has 0 unspecified atom stereocenters. The molecule has 1 heterocycles. The average Bonchev–Trinajstić information content (AvgIpc) is 3.01. The number of hydrogen-bond acceptors (Lipinski definition) is 3. The fourth-order valence-corrected chi connectivity index (χ4v) is 4.43. The van der Waals surface area contributed by atoms with Crippen molar-refractivity contribution in [3.8, 4) is 11.5 Å². The van der Waals surface area contributed by atoms with E-state index in [4.69, 9.17) is 39.5 Å². The van der Waals surface area contributed by atoms with E-state index in [0.29, 0.717) is 37.1 Å².